The first-order chi connectivity index (χ1) is 11.8. The van der Waals surface area contributed by atoms with E-state index in [2.05, 4.69) is 12.2 Å². The molecule has 24 heavy (non-hydrogen) atoms. The van der Waals surface area contributed by atoms with Crippen LogP contribution < -0.4 is 11.1 Å². The zero-order chi connectivity index (χ0) is 17.7. The van der Waals surface area contributed by atoms with Crippen molar-refractivity contribution in [3.05, 3.63) is 0 Å². The first-order valence-corrected chi connectivity index (χ1v) is 9.51. The Labute approximate surface area is 147 Å². The Morgan fingerprint density at radius 3 is 2.00 bits per heavy atom. The van der Waals surface area contributed by atoms with Crippen molar-refractivity contribution in [2.75, 3.05) is 52.7 Å². The van der Waals surface area contributed by atoms with Gasteiger partial charge in [-0.3, -0.25) is 4.79 Å². The summed E-state index contributed by atoms with van der Waals surface area (Å²) in [7, 11) is 0. The average molecular weight is 347 g/mol. The number of hydrogen-bond acceptors (Lipinski definition) is 5. The van der Waals surface area contributed by atoms with Gasteiger partial charge in [0, 0.05) is 45.9 Å². The van der Waals surface area contributed by atoms with Gasteiger partial charge in [0.2, 0.25) is 5.91 Å². The van der Waals surface area contributed by atoms with Crippen molar-refractivity contribution in [2.45, 2.75) is 58.3 Å². The van der Waals surface area contributed by atoms with E-state index >= 15 is 0 Å². The smallest absolute Gasteiger partial charge is 0.220 e. The molecule has 0 aromatic rings. The molecule has 0 spiro atoms. The first kappa shape index (κ1) is 23.3. The van der Waals surface area contributed by atoms with E-state index in [1.807, 2.05) is 0 Å². The van der Waals surface area contributed by atoms with Gasteiger partial charge in [0.25, 0.3) is 0 Å². The van der Waals surface area contributed by atoms with Crippen molar-refractivity contribution in [1.29, 1.82) is 0 Å². The molecule has 0 radical (unpaired) electrons. The molecule has 0 atom stereocenters. The van der Waals surface area contributed by atoms with Crippen LogP contribution in [-0.2, 0) is 19.0 Å². The van der Waals surface area contributed by atoms with Gasteiger partial charge in [-0.05, 0) is 38.5 Å². The Kier molecular flexibility index (Phi) is 19.8. The van der Waals surface area contributed by atoms with E-state index in [0.29, 0.717) is 32.7 Å². The van der Waals surface area contributed by atoms with Crippen LogP contribution >= 0.6 is 0 Å². The third-order valence-corrected chi connectivity index (χ3v) is 3.45. The van der Waals surface area contributed by atoms with Crippen LogP contribution in [0.1, 0.15) is 58.3 Å². The summed E-state index contributed by atoms with van der Waals surface area (Å²) in [5.74, 6) is 0.118. The Balaban J connectivity index is 3.10. The van der Waals surface area contributed by atoms with Crippen LogP contribution in [0.2, 0.25) is 0 Å². The lowest BCUT2D eigenvalue weighted by molar-refractivity contribution is -0.121. The predicted octanol–water partition coefficient (Wildman–Crippen LogP) is 2.25. The summed E-state index contributed by atoms with van der Waals surface area (Å²) in [5, 5.41) is 2.87. The molecule has 0 aliphatic rings. The van der Waals surface area contributed by atoms with Crippen LogP contribution in [-0.4, -0.2) is 58.6 Å². The van der Waals surface area contributed by atoms with Crippen molar-refractivity contribution in [3.63, 3.8) is 0 Å². The lowest BCUT2D eigenvalue weighted by atomic mass is 10.2. The molecule has 0 unspecified atom stereocenters. The van der Waals surface area contributed by atoms with Gasteiger partial charge in [-0.1, -0.05) is 13.3 Å². The Hall–Kier alpha value is -0.690. The highest BCUT2D eigenvalue weighted by atomic mass is 16.5. The minimum absolute atomic E-state index is 0.118. The van der Waals surface area contributed by atoms with Crippen molar-refractivity contribution in [3.8, 4) is 0 Å². The number of carbonyl (C=O) groups is 1. The van der Waals surface area contributed by atoms with Crippen LogP contribution in [0.3, 0.4) is 0 Å². The molecule has 6 nitrogen and oxygen atoms in total. The maximum atomic E-state index is 11.6. The third-order valence-electron chi connectivity index (χ3n) is 3.45. The number of nitrogens with two attached hydrogens (primary N) is 1. The zero-order valence-electron chi connectivity index (χ0n) is 15.5. The lowest BCUT2D eigenvalue weighted by Crippen LogP contribution is -2.27. The van der Waals surface area contributed by atoms with Crippen molar-refractivity contribution < 1.29 is 19.0 Å². The average Bonchev–Trinajstić information content (AvgIpc) is 2.59. The van der Waals surface area contributed by atoms with Crippen LogP contribution in [0.5, 0.6) is 0 Å². The lowest BCUT2D eigenvalue weighted by Gasteiger charge is -2.06. The van der Waals surface area contributed by atoms with E-state index in [4.69, 9.17) is 19.9 Å². The molecule has 0 aliphatic heterocycles. The maximum Gasteiger partial charge on any atom is 0.220 e. The fourth-order valence-corrected chi connectivity index (χ4v) is 2.14. The second-order valence-electron chi connectivity index (χ2n) is 5.85. The molecule has 0 aliphatic carbocycles. The highest BCUT2D eigenvalue weighted by Gasteiger charge is 2.00. The van der Waals surface area contributed by atoms with Gasteiger partial charge >= 0.3 is 0 Å². The molecule has 0 rings (SSSR count). The monoisotopic (exact) mass is 346 g/mol. The van der Waals surface area contributed by atoms with Gasteiger partial charge < -0.3 is 25.3 Å². The topological polar surface area (TPSA) is 82.8 Å². The molecule has 1 amide bonds. The zero-order valence-corrected chi connectivity index (χ0v) is 15.5. The normalized spacial score (nSPS) is 10.9. The Bertz CT molecular complexity index is 265. The second kappa shape index (κ2) is 20.4. The summed E-state index contributed by atoms with van der Waals surface area (Å²) in [5.41, 5.74) is 5.34. The van der Waals surface area contributed by atoms with E-state index in [1.54, 1.807) is 0 Å². The third kappa shape index (κ3) is 19.4. The Morgan fingerprint density at radius 1 is 0.792 bits per heavy atom. The summed E-state index contributed by atoms with van der Waals surface area (Å²) < 4.78 is 16.2. The maximum absolute atomic E-state index is 11.6. The number of rotatable bonds is 19. The van der Waals surface area contributed by atoms with Crippen LogP contribution in [0, 0.1) is 0 Å². The Morgan fingerprint density at radius 2 is 1.38 bits per heavy atom. The minimum atomic E-state index is 0.118. The fraction of sp³-hybridized carbons (Fsp3) is 0.944. The minimum Gasteiger partial charge on any atom is -0.381 e. The van der Waals surface area contributed by atoms with Gasteiger partial charge in [-0.15, -0.1) is 0 Å². The molecular weight excluding hydrogens is 308 g/mol. The number of ether oxygens (including phenoxy) is 3. The van der Waals surface area contributed by atoms with Gasteiger partial charge in [0.05, 0.1) is 13.2 Å². The van der Waals surface area contributed by atoms with E-state index in [0.717, 1.165) is 71.4 Å². The van der Waals surface area contributed by atoms with Crippen LogP contribution in [0.25, 0.3) is 0 Å². The van der Waals surface area contributed by atoms with Crippen LogP contribution in [0.4, 0.5) is 0 Å². The van der Waals surface area contributed by atoms with Crippen molar-refractivity contribution in [1.82, 2.24) is 5.32 Å². The van der Waals surface area contributed by atoms with Crippen molar-refractivity contribution >= 4 is 5.91 Å². The van der Waals surface area contributed by atoms with Crippen molar-refractivity contribution in [2.24, 2.45) is 5.73 Å². The van der Waals surface area contributed by atoms with E-state index in [1.165, 1.54) is 0 Å². The highest BCUT2D eigenvalue weighted by Crippen LogP contribution is 2.02. The van der Waals surface area contributed by atoms with Gasteiger partial charge in [0.1, 0.15) is 0 Å². The molecule has 144 valence electrons. The molecule has 0 saturated heterocycles. The summed E-state index contributed by atoms with van der Waals surface area (Å²) in [4.78, 5) is 11.6. The molecule has 0 bridgehead atoms. The number of nitrogens with one attached hydrogen (secondary N) is 1. The molecule has 6 heteroatoms. The first-order valence-electron chi connectivity index (χ1n) is 9.51. The molecule has 0 saturated carbocycles. The molecule has 3 N–H and O–H groups in total. The highest BCUT2D eigenvalue weighted by molar-refractivity contribution is 5.75. The molecule has 0 aromatic heterocycles. The van der Waals surface area contributed by atoms with E-state index in [-0.39, 0.29) is 5.91 Å². The molecule has 0 aromatic carbocycles. The number of carbonyl (C=O) groups excluding carboxylic acids is 1. The van der Waals surface area contributed by atoms with E-state index in [9.17, 15) is 4.79 Å². The summed E-state index contributed by atoms with van der Waals surface area (Å²) in [6, 6.07) is 0. The standard InChI is InChI=1S/C18H38N2O4/c1-2-12-22-17-11-20-18(21)9-5-3-6-13-23-14-7-4-8-15-24-16-10-19/h2-17,19H2,1H3,(H,20,21). The molecule has 0 heterocycles. The largest absolute Gasteiger partial charge is 0.381 e. The summed E-state index contributed by atoms with van der Waals surface area (Å²) in [6.45, 7) is 7.69. The van der Waals surface area contributed by atoms with Gasteiger partial charge in [-0.25, -0.2) is 0 Å². The number of unbranched alkanes of at least 4 members (excludes halogenated alkanes) is 4. The molecule has 0 fully saturated rings. The second-order valence-corrected chi connectivity index (χ2v) is 5.85. The summed E-state index contributed by atoms with van der Waals surface area (Å²) in [6.07, 6.45) is 7.86. The van der Waals surface area contributed by atoms with Gasteiger partial charge in [0.15, 0.2) is 0 Å². The SMILES string of the molecule is CCCOCCNC(=O)CCCCCOCCCCCOCCN. The predicted molar refractivity (Wildman–Crippen MR) is 97.1 cm³/mol. The number of amides is 1. The van der Waals surface area contributed by atoms with E-state index < -0.39 is 0 Å². The number of hydrogen-bond donors (Lipinski definition) is 2. The summed E-state index contributed by atoms with van der Waals surface area (Å²) >= 11 is 0. The van der Waals surface area contributed by atoms with Crippen LogP contribution in [0.15, 0.2) is 0 Å². The van der Waals surface area contributed by atoms with Gasteiger partial charge in [-0.2, -0.15) is 0 Å². The molecular formula is C18H38N2O4. The fourth-order valence-electron chi connectivity index (χ4n) is 2.14. The quantitative estimate of drug-likeness (QED) is 0.351.